The fourth-order valence-electron chi connectivity index (χ4n) is 1.62. The van der Waals surface area contributed by atoms with E-state index in [0.29, 0.717) is 13.2 Å². The number of ether oxygens (including phenoxy) is 2. The average Bonchev–Trinajstić information content (AvgIpc) is 2.61. The second-order valence-corrected chi connectivity index (χ2v) is 5.99. The molecule has 0 aromatic heterocycles. The van der Waals surface area contributed by atoms with Crippen LogP contribution in [0.25, 0.3) is 0 Å². The Morgan fingerprint density at radius 2 is 2.17 bits per heavy atom. The van der Waals surface area contributed by atoms with Gasteiger partial charge in [0.05, 0.1) is 19.3 Å². The molecule has 4 atom stereocenters. The molecular weight excluding hydrogens is 261 g/mol. The Bertz CT molecular complexity index is 300. The molecule has 1 aliphatic heterocycles. The zero-order valence-corrected chi connectivity index (χ0v) is 12.1. The van der Waals surface area contributed by atoms with E-state index in [1.165, 1.54) is 0 Å². The quantitative estimate of drug-likeness (QED) is 0.681. The van der Waals surface area contributed by atoms with E-state index in [2.05, 4.69) is 4.52 Å². The van der Waals surface area contributed by atoms with E-state index >= 15 is 0 Å². The van der Waals surface area contributed by atoms with Crippen LogP contribution in [0.4, 0.5) is 0 Å². The maximum atomic E-state index is 11.4. The minimum absolute atomic E-state index is 0.301. The van der Waals surface area contributed by atoms with Gasteiger partial charge in [0, 0.05) is 13.7 Å². The number of hydrogen-bond acceptors (Lipinski definition) is 6. The van der Waals surface area contributed by atoms with Crippen LogP contribution in [0.3, 0.4) is 0 Å². The lowest BCUT2D eigenvalue weighted by Gasteiger charge is -2.23. The molecule has 108 valence electrons. The first-order valence-corrected chi connectivity index (χ1v) is 7.30. The first-order chi connectivity index (χ1) is 8.35. The lowest BCUT2D eigenvalue weighted by molar-refractivity contribution is -0.0210. The van der Waals surface area contributed by atoms with Crippen molar-refractivity contribution in [1.29, 1.82) is 0 Å². The number of phosphoric ester groups is 1. The van der Waals surface area contributed by atoms with Crippen LogP contribution in [-0.2, 0) is 23.1 Å². The summed E-state index contributed by atoms with van der Waals surface area (Å²) in [5.74, 6) is 0. The summed E-state index contributed by atoms with van der Waals surface area (Å²) in [4.78, 5) is 11.3. The molecule has 3 unspecified atom stereocenters. The third-order valence-corrected chi connectivity index (χ3v) is 3.68. The summed E-state index contributed by atoms with van der Waals surface area (Å²) in [5, 5.41) is 0. The molecule has 1 N–H and O–H groups in total. The van der Waals surface area contributed by atoms with Crippen LogP contribution >= 0.6 is 7.82 Å². The Labute approximate surface area is 108 Å². The maximum Gasteiger partial charge on any atom is 0.472 e. The van der Waals surface area contributed by atoms with Gasteiger partial charge in [-0.1, -0.05) is 0 Å². The standard InChI is InChI=1S/C10H22NO6P/c1-8-10(17-18(12,13)14-4)9(7-16-8)15-6-5-11(2)3/h8-10H,5-7H2,1-4H3,(H,12,13)/t8-,9?,10?/m1/s1. The smallest absolute Gasteiger partial charge is 0.373 e. The molecule has 0 saturated carbocycles. The first kappa shape index (κ1) is 16.0. The van der Waals surface area contributed by atoms with Crippen LogP contribution in [0.15, 0.2) is 0 Å². The summed E-state index contributed by atoms with van der Waals surface area (Å²) in [7, 11) is 0.994. The van der Waals surface area contributed by atoms with Gasteiger partial charge < -0.3 is 19.3 Å². The topological polar surface area (TPSA) is 77.5 Å². The second kappa shape index (κ2) is 6.96. The summed E-state index contributed by atoms with van der Waals surface area (Å²) in [6, 6.07) is 0. The lowest BCUT2D eigenvalue weighted by atomic mass is 10.2. The van der Waals surface area contributed by atoms with Gasteiger partial charge in [0.25, 0.3) is 0 Å². The Hall–Kier alpha value is -0.0100. The molecule has 18 heavy (non-hydrogen) atoms. The van der Waals surface area contributed by atoms with Gasteiger partial charge in [0.1, 0.15) is 12.2 Å². The fraction of sp³-hybridized carbons (Fsp3) is 1.00. The molecular formula is C10H22NO6P. The van der Waals surface area contributed by atoms with Gasteiger partial charge in [0.2, 0.25) is 0 Å². The van der Waals surface area contributed by atoms with Gasteiger partial charge in [-0.3, -0.25) is 9.05 Å². The fourth-order valence-corrected chi connectivity index (χ4v) is 2.32. The van der Waals surface area contributed by atoms with Crippen molar-refractivity contribution in [2.45, 2.75) is 25.2 Å². The summed E-state index contributed by atoms with van der Waals surface area (Å²) >= 11 is 0. The number of phosphoric acid groups is 1. The Kier molecular flexibility index (Phi) is 6.20. The van der Waals surface area contributed by atoms with Crippen molar-refractivity contribution >= 4 is 7.82 Å². The van der Waals surface area contributed by atoms with Crippen LogP contribution in [0.5, 0.6) is 0 Å². The van der Waals surface area contributed by atoms with Crippen molar-refractivity contribution in [1.82, 2.24) is 4.90 Å². The van der Waals surface area contributed by atoms with Crippen LogP contribution in [0.1, 0.15) is 6.92 Å². The molecule has 0 spiro atoms. The van der Waals surface area contributed by atoms with E-state index in [-0.39, 0.29) is 12.2 Å². The van der Waals surface area contributed by atoms with Crippen molar-refractivity contribution in [2.75, 3.05) is 41.0 Å². The highest BCUT2D eigenvalue weighted by Crippen LogP contribution is 2.45. The molecule has 0 aromatic rings. The Morgan fingerprint density at radius 3 is 2.72 bits per heavy atom. The molecule has 0 aromatic carbocycles. The molecule has 0 radical (unpaired) electrons. The van der Waals surface area contributed by atoms with Crippen molar-refractivity contribution in [2.24, 2.45) is 0 Å². The van der Waals surface area contributed by atoms with Gasteiger partial charge in [0.15, 0.2) is 0 Å². The van der Waals surface area contributed by atoms with Crippen molar-refractivity contribution in [3.05, 3.63) is 0 Å². The van der Waals surface area contributed by atoms with Gasteiger partial charge in [-0.05, 0) is 21.0 Å². The van der Waals surface area contributed by atoms with E-state index in [4.69, 9.17) is 14.0 Å². The van der Waals surface area contributed by atoms with Gasteiger partial charge >= 0.3 is 7.82 Å². The van der Waals surface area contributed by atoms with Crippen LogP contribution < -0.4 is 0 Å². The minimum Gasteiger partial charge on any atom is -0.373 e. The first-order valence-electron chi connectivity index (χ1n) is 5.80. The summed E-state index contributed by atoms with van der Waals surface area (Å²) in [5.41, 5.74) is 0. The molecule has 1 saturated heterocycles. The van der Waals surface area contributed by atoms with Crippen molar-refractivity contribution < 1.29 is 28.0 Å². The molecule has 1 fully saturated rings. The van der Waals surface area contributed by atoms with Gasteiger partial charge in [-0.25, -0.2) is 4.57 Å². The normalized spacial score (nSPS) is 31.8. The van der Waals surface area contributed by atoms with E-state index in [9.17, 15) is 9.46 Å². The van der Waals surface area contributed by atoms with E-state index in [1.807, 2.05) is 19.0 Å². The van der Waals surface area contributed by atoms with Gasteiger partial charge in [-0.15, -0.1) is 0 Å². The Morgan fingerprint density at radius 1 is 1.50 bits per heavy atom. The summed E-state index contributed by atoms with van der Waals surface area (Å²) in [6.07, 6.45) is -1.25. The van der Waals surface area contributed by atoms with Crippen molar-refractivity contribution in [3.63, 3.8) is 0 Å². The molecule has 1 heterocycles. The minimum atomic E-state index is -4.02. The van der Waals surface area contributed by atoms with Crippen LogP contribution in [-0.4, -0.2) is 69.1 Å². The number of nitrogens with zero attached hydrogens (tertiary/aromatic N) is 1. The second-order valence-electron chi connectivity index (χ2n) is 4.47. The largest absolute Gasteiger partial charge is 0.472 e. The zero-order chi connectivity index (χ0) is 13.8. The molecule has 1 aliphatic rings. The highest BCUT2D eigenvalue weighted by molar-refractivity contribution is 7.47. The van der Waals surface area contributed by atoms with E-state index in [1.54, 1.807) is 6.92 Å². The number of hydrogen-bond donors (Lipinski definition) is 1. The molecule has 0 amide bonds. The molecule has 1 rings (SSSR count). The van der Waals surface area contributed by atoms with Crippen LogP contribution in [0.2, 0.25) is 0 Å². The molecule has 0 aliphatic carbocycles. The van der Waals surface area contributed by atoms with Gasteiger partial charge in [-0.2, -0.15) is 0 Å². The van der Waals surface area contributed by atoms with Crippen LogP contribution in [0, 0.1) is 0 Å². The molecule has 8 heteroatoms. The number of rotatable bonds is 7. The summed E-state index contributed by atoms with van der Waals surface area (Å²) in [6.45, 7) is 3.40. The highest BCUT2D eigenvalue weighted by atomic mass is 31.2. The SMILES string of the molecule is COP(=O)(O)OC1C(OCCN(C)C)CO[C@@H]1C. The van der Waals surface area contributed by atoms with E-state index in [0.717, 1.165) is 13.7 Å². The molecule has 7 nitrogen and oxygen atoms in total. The lowest BCUT2D eigenvalue weighted by Crippen LogP contribution is -2.34. The zero-order valence-electron chi connectivity index (χ0n) is 11.2. The monoisotopic (exact) mass is 283 g/mol. The van der Waals surface area contributed by atoms with E-state index < -0.39 is 13.9 Å². The highest BCUT2D eigenvalue weighted by Gasteiger charge is 2.41. The predicted octanol–water partition coefficient (Wildman–Crippen LogP) is 0.484. The predicted molar refractivity (Wildman–Crippen MR) is 65.4 cm³/mol. The average molecular weight is 283 g/mol. The number of likely N-dealkylation sites (N-methyl/N-ethyl adjacent to an activating group) is 1. The summed E-state index contributed by atoms with van der Waals surface area (Å²) < 4.78 is 31.8. The molecule has 0 bridgehead atoms. The Balaban J connectivity index is 2.48. The van der Waals surface area contributed by atoms with Crippen molar-refractivity contribution in [3.8, 4) is 0 Å². The maximum absolute atomic E-state index is 11.4. The third kappa shape index (κ3) is 4.93. The third-order valence-electron chi connectivity index (χ3n) is 2.71.